The highest BCUT2D eigenvalue weighted by Crippen LogP contribution is 2.25. The van der Waals surface area contributed by atoms with Gasteiger partial charge in [0.1, 0.15) is 5.69 Å². The molecule has 1 aromatic heterocycles. The van der Waals surface area contributed by atoms with E-state index in [1.54, 1.807) is 0 Å². The first-order valence-corrected chi connectivity index (χ1v) is 9.74. The molecule has 29 heavy (non-hydrogen) atoms. The maximum Gasteiger partial charge on any atom is 0.251 e. The lowest BCUT2D eigenvalue weighted by atomic mass is 9.87. The molecular weight excluding hydrogens is 360 g/mol. The van der Waals surface area contributed by atoms with Gasteiger partial charge in [-0.1, -0.05) is 74.5 Å². The average Bonchev–Trinajstić information content (AvgIpc) is 3.20. The van der Waals surface area contributed by atoms with E-state index in [2.05, 4.69) is 55.5 Å². The fourth-order valence-corrected chi connectivity index (χ4v) is 3.27. The third kappa shape index (κ3) is 4.21. The minimum absolute atomic E-state index is 0.0644. The predicted molar refractivity (Wildman–Crippen MR) is 116 cm³/mol. The Morgan fingerprint density at radius 3 is 2.38 bits per heavy atom. The van der Waals surface area contributed by atoms with Crippen LogP contribution >= 0.6 is 0 Å². The summed E-state index contributed by atoms with van der Waals surface area (Å²) in [6.07, 6.45) is 0. The summed E-state index contributed by atoms with van der Waals surface area (Å²) in [5, 5.41) is 9.33. The molecule has 4 rings (SSSR count). The van der Waals surface area contributed by atoms with Crippen molar-refractivity contribution in [3.63, 3.8) is 0 Å². The van der Waals surface area contributed by atoms with Crippen molar-refractivity contribution in [2.75, 3.05) is 0 Å². The number of carbonyl (C=O) groups is 1. The Labute approximate surface area is 170 Å². The largest absolute Gasteiger partial charge is 0.356 e. The van der Waals surface area contributed by atoms with Crippen LogP contribution in [-0.2, 0) is 12.0 Å². The fourth-order valence-electron chi connectivity index (χ4n) is 3.27. The van der Waals surface area contributed by atoms with Crippen LogP contribution in [0.5, 0.6) is 0 Å². The molecule has 0 spiro atoms. The first-order chi connectivity index (χ1) is 13.9. The molecule has 1 heterocycles. The van der Waals surface area contributed by atoms with Crippen molar-refractivity contribution in [3.8, 4) is 11.3 Å². The van der Waals surface area contributed by atoms with Gasteiger partial charge >= 0.3 is 0 Å². The van der Waals surface area contributed by atoms with Gasteiger partial charge in [0, 0.05) is 17.2 Å². The Hall–Kier alpha value is -3.40. The molecule has 3 aromatic carbocycles. The molecule has 1 amide bonds. The van der Waals surface area contributed by atoms with Crippen LogP contribution in [-0.4, -0.2) is 11.1 Å². The second-order valence-corrected chi connectivity index (χ2v) is 8.25. The molecule has 0 fully saturated rings. The molecule has 4 aromatic rings. The van der Waals surface area contributed by atoms with Gasteiger partial charge in [0.25, 0.3) is 5.91 Å². The van der Waals surface area contributed by atoms with E-state index < -0.39 is 0 Å². The molecule has 4 nitrogen and oxygen atoms in total. The zero-order valence-corrected chi connectivity index (χ0v) is 16.9. The number of hydrogen-bond acceptors (Lipinski definition) is 3. The molecular formula is C25H24N2O2. The van der Waals surface area contributed by atoms with Crippen molar-refractivity contribution in [1.82, 2.24) is 10.5 Å². The summed E-state index contributed by atoms with van der Waals surface area (Å²) in [5.41, 5.74) is 3.55. The molecule has 0 saturated heterocycles. The SMILES string of the molecule is CC(C)(C)c1ccc(C(=O)NCc2cc(-c3ccc4ccccc4c3)on2)cc1. The first-order valence-electron chi connectivity index (χ1n) is 9.74. The Morgan fingerprint density at radius 2 is 1.66 bits per heavy atom. The Morgan fingerprint density at radius 1 is 0.931 bits per heavy atom. The van der Waals surface area contributed by atoms with Gasteiger partial charge in [0.15, 0.2) is 5.76 Å². The van der Waals surface area contributed by atoms with Crippen molar-refractivity contribution in [1.29, 1.82) is 0 Å². The number of hydrogen-bond donors (Lipinski definition) is 1. The normalized spacial score (nSPS) is 11.6. The van der Waals surface area contributed by atoms with Gasteiger partial charge in [-0.3, -0.25) is 4.79 Å². The number of amides is 1. The lowest BCUT2D eigenvalue weighted by molar-refractivity contribution is 0.0950. The lowest BCUT2D eigenvalue weighted by Gasteiger charge is -2.19. The second kappa shape index (κ2) is 7.55. The summed E-state index contributed by atoms with van der Waals surface area (Å²) < 4.78 is 5.49. The monoisotopic (exact) mass is 384 g/mol. The van der Waals surface area contributed by atoms with E-state index in [1.165, 1.54) is 10.9 Å². The third-order valence-corrected chi connectivity index (χ3v) is 5.04. The molecule has 0 saturated carbocycles. The number of nitrogens with one attached hydrogen (secondary N) is 1. The number of fused-ring (bicyclic) bond motifs is 1. The molecule has 0 atom stereocenters. The van der Waals surface area contributed by atoms with Crippen LogP contribution < -0.4 is 5.32 Å². The highest BCUT2D eigenvalue weighted by molar-refractivity contribution is 5.94. The van der Waals surface area contributed by atoms with Gasteiger partial charge in [-0.05, 0) is 39.9 Å². The third-order valence-electron chi connectivity index (χ3n) is 5.04. The molecule has 0 radical (unpaired) electrons. The summed E-state index contributed by atoms with van der Waals surface area (Å²) >= 11 is 0. The van der Waals surface area contributed by atoms with Crippen LogP contribution in [0.3, 0.4) is 0 Å². The maximum atomic E-state index is 12.4. The zero-order chi connectivity index (χ0) is 20.4. The van der Waals surface area contributed by atoms with E-state index >= 15 is 0 Å². The highest BCUT2D eigenvalue weighted by Gasteiger charge is 2.15. The number of benzene rings is 3. The second-order valence-electron chi connectivity index (χ2n) is 8.25. The number of rotatable bonds is 4. The molecule has 0 aliphatic carbocycles. The van der Waals surface area contributed by atoms with Crippen molar-refractivity contribution in [2.24, 2.45) is 0 Å². The van der Waals surface area contributed by atoms with Crippen LogP contribution in [0.4, 0.5) is 0 Å². The van der Waals surface area contributed by atoms with E-state index in [0.29, 0.717) is 23.6 Å². The summed E-state index contributed by atoms with van der Waals surface area (Å²) in [5.74, 6) is 0.565. The summed E-state index contributed by atoms with van der Waals surface area (Å²) in [6, 6.07) is 23.9. The van der Waals surface area contributed by atoms with Gasteiger partial charge in [0.05, 0.1) is 6.54 Å². The highest BCUT2D eigenvalue weighted by atomic mass is 16.5. The summed E-state index contributed by atoms with van der Waals surface area (Å²) in [4.78, 5) is 12.4. The van der Waals surface area contributed by atoms with Crippen LogP contribution in [0.15, 0.2) is 77.3 Å². The number of carbonyl (C=O) groups excluding carboxylic acids is 1. The van der Waals surface area contributed by atoms with E-state index in [0.717, 1.165) is 10.9 Å². The van der Waals surface area contributed by atoms with Crippen LogP contribution in [0, 0.1) is 0 Å². The number of nitrogens with zero attached hydrogens (tertiary/aromatic N) is 1. The molecule has 0 aliphatic rings. The molecule has 0 bridgehead atoms. The van der Waals surface area contributed by atoms with Crippen molar-refractivity contribution in [3.05, 3.63) is 89.6 Å². The molecule has 146 valence electrons. The van der Waals surface area contributed by atoms with Gasteiger partial charge in [-0.2, -0.15) is 0 Å². The van der Waals surface area contributed by atoms with Crippen molar-refractivity contribution in [2.45, 2.75) is 32.7 Å². The van der Waals surface area contributed by atoms with Crippen LogP contribution in [0.1, 0.15) is 42.4 Å². The smallest absolute Gasteiger partial charge is 0.251 e. The minimum atomic E-state index is -0.124. The first kappa shape index (κ1) is 18.9. The average molecular weight is 384 g/mol. The summed E-state index contributed by atoms with van der Waals surface area (Å²) in [6.45, 7) is 6.77. The zero-order valence-electron chi connectivity index (χ0n) is 16.9. The molecule has 4 heteroatoms. The van der Waals surface area contributed by atoms with Gasteiger partial charge in [0.2, 0.25) is 0 Å². The van der Waals surface area contributed by atoms with E-state index in [4.69, 9.17) is 4.52 Å². The van der Waals surface area contributed by atoms with Crippen LogP contribution in [0.2, 0.25) is 0 Å². The Balaban J connectivity index is 1.43. The van der Waals surface area contributed by atoms with Crippen molar-refractivity contribution < 1.29 is 9.32 Å². The quantitative estimate of drug-likeness (QED) is 0.489. The Bertz CT molecular complexity index is 1150. The standard InChI is InChI=1S/C25H24N2O2/c1-25(2,3)21-12-10-18(11-13-21)24(28)26-16-22-15-23(29-27-22)20-9-8-17-6-4-5-7-19(17)14-20/h4-15H,16H2,1-3H3,(H,26,28). The topological polar surface area (TPSA) is 55.1 Å². The Kier molecular flexibility index (Phi) is 4.93. The minimum Gasteiger partial charge on any atom is -0.356 e. The molecule has 0 unspecified atom stereocenters. The van der Waals surface area contributed by atoms with E-state index in [-0.39, 0.29) is 11.3 Å². The van der Waals surface area contributed by atoms with Gasteiger partial charge < -0.3 is 9.84 Å². The van der Waals surface area contributed by atoms with Gasteiger partial charge in [-0.25, -0.2) is 0 Å². The maximum absolute atomic E-state index is 12.4. The molecule has 1 N–H and O–H groups in total. The van der Waals surface area contributed by atoms with Crippen molar-refractivity contribution >= 4 is 16.7 Å². The predicted octanol–water partition coefficient (Wildman–Crippen LogP) is 5.72. The number of aromatic nitrogens is 1. The van der Waals surface area contributed by atoms with Gasteiger partial charge in [-0.15, -0.1) is 0 Å². The fraction of sp³-hybridized carbons (Fsp3) is 0.200. The van der Waals surface area contributed by atoms with Crippen LogP contribution in [0.25, 0.3) is 22.1 Å². The summed E-state index contributed by atoms with van der Waals surface area (Å²) in [7, 11) is 0. The lowest BCUT2D eigenvalue weighted by Crippen LogP contribution is -2.23. The van der Waals surface area contributed by atoms with E-state index in [9.17, 15) is 4.79 Å². The van der Waals surface area contributed by atoms with E-state index in [1.807, 2.05) is 48.5 Å². The molecule has 0 aliphatic heterocycles.